The molecule has 164 valence electrons. The fourth-order valence-electron chi connectivity index (χ4n) is 3.68. The van der Waals surface area contributed by atoms with Crippen LogP contribution < -0.4 is 5.32 Å². The van der Waals surface area contributed by atoms with Gasteiger partial charge in [0.1, 0.15) is 16.9 Å². The van der Waals surface area contributed by atoms with E-state index in [2.05, 4.69) is 20.4 Å². The van der Waals surface area contributed by atoms with E-state index in [1.165, 1.54) is 12.1 Å². The number of anilines is 1. The van der Waals surface area contributed by atoms with Crippen molar-refractivity contribution in [2.75, 3.05) is 5.32 Å². The smallest absolute Gasteiger partial charge is 0.358 e. The Morgan fingerprint density at radius 1 is 1.16 bits per heavy atom. The molecule has 1 saturated carbocycles. The molecule has 4 aromatic rings. The number of halogens is 4. The van der Waals surface area contributed by atoms with Gasteiger partial charge in [-0.05, 0) is 42.2 Å². The lowest BCUT2D eigenvalue weighted by Gasteiger charge is -2.14. The van der Waals surface area contributed by atoms with Gasteiger partial charge in [-0.3, -0.25) is 4.79 Å². The van der Waals surface area contributed by atoms with Gasteiger partial charge in [-0.15, -0.1) is 0 Å². The van der Waals surface area contributed by atoms with Crippen molar-refractivity contribution < 1.29 is 26.9 Å². The molecule has 0 bridgehead atoms. The molecule has 10 heteroatoms. The molecule has 0 aliphatic heterocycles. The molecule has 0 spiro atoms. The predicted octanol–water partition coefficient (Wildman–Crippen LogP) is 5.13. The van der Waals surface area contributed by atoms with Crippen LogP contribution in [0, 0.1) is 5.82 Å². The number of nitrogens with one attached hydrogen (secondary N) is 2. The number of nitrogens with zero attached hydrogens (tertiary/aromatic N) is 2. The third kappa shape index (κ3) is 3.51. The standard InChI is InChI=1S/C22H16F4N4O2/c23-16-8-12(15-7-14-3-6-27-20(14)28-11-15)1-2-13(16)9-19(31)29-18-10-17(32-30-18)21(4-5-21)22(24,25)26/h1-3,6-8,10-11H,4-5,9H2,(H,27,28)(H,29,30,31). The Morgan fingerprint density at radius 3 is 2.69 bits per heavy atom. The molecule has 1 aromatic carbocycles. The van der Waals surface area contributed by atoms with E-state index in [4.69, 9.17) is 4.52 Å². The lowest BCUT2D eigenvalue weighted by molar-refractivity contribution is -0.165. The molecule has 0 unspecified atom stereocenters. The number of H-pyrrole nitrogens is 1. The van der Waals surface area contributed by atoms with Gasteiger partial charge in [0.2, 0.25) is 5.91 Å². The van der Waals surface area contributed by atoms with Crippen LogP contribution >= 0.6 is 0 Å². The van der Waals surface area contributed by atoms with E-state index in [1.54, 1.807) is 18.5 Å². The summed E-state index contributed by atoms with van der Waals surface area (Å²) in [6.45, 7) is 0. The van der Waals surface area contributed by atoms with Crippen LogP contribution in [0.5, 0.6) is 0 Å². The van der Waals surface area contributed by atoms with E-state index >= 15 is 0 Å². The van der Waals surface area contributed by atoms with Crippen LogP contribution in [0.3, 0.4) is 0 Å². The average molecular weight is 444 g/mol. The lowest BCUT2D eigenvalue weighted by Crippen LogP contribution is -2.28. The average Bonchev–Trinajstić information content (AvgIpc) is 3.22. The first-order valence-electron chi connectivity index (χ1n) is 9.81. The maximum atomic E-state index is 14.6. The van der Waals surface area contributed by atoms with Crippen molar-refractivity contribution in [2.24, 2.45) is 0 Å². The molecule has 0 saturated heterocycles. The molecule has 1 fully saturated rings. The minimum atomic E-state index is -4.44. The van der Waals surface area contributed by atoms with E-state index in [1.807, 2.05) is 12.1 Å². The summed E-state index contributed by atoms with van der Waals surface area (Å²) in [5, 5.41) is 6.75. The highest BCUT2D eigenvalue weighted by molar-refractivity contribution is 5.91. The van der Waals surface area contributed by atoms with Crippen molar-refractivity contribution in [3.63, 3.8) is 0 Å². The Balaban J connectivity index is 1.28. The Kier molecular flexibility index (Phi) is 4.54. The summed E-state index contributed by atoms with van der Waals surface area (Å²) >= 11 is 0. The number of hydrogen-bond acceptors (Lipinski definition) is 4. The fourth-order valence-corrected chi connectivity index (χ4v) is 3.68. The molecular weight excluding hydrogens is 428 g/mol. The zero-order valence-corrected chi connectivity index (χ0v) is 16.5. The van der Waals surface area contributed by atoms with Crippen LogP contribution in [-0.2, 0) is 16.6 Å². The van der Waals surface area contributed by atoms with E-state index in [9.17, 15) is 22.4 Å². The number of alkyl halides is 3. The summed E-state index contributed by atoms with van der Waals surface area (Å²) in [6.07, 6.45) is -1.54. The van der Waals surface area contributed by atoms with Crippen molar-refractivity contribution >= 4 is 22.8 Å². The van der Waals surface area contributed by atoms with Gasteiger partial charge >= 0.3 is 6.18 Å². The van der Waals surface area contributed by atoms with Crippen molar-refractivity contribution in [3.05, 3.63) is 65.9 Å². The van der Waals surface area contributed by atoms with Gasteiger partial charge < -0.3 is 14.8 Å². The molecule has 0 atom stereocenters. The number of aromatic amines is 1. The van der Waals surface area contributed by atoms with E-state index in [0.717, 1.165) is 22.7 Å². The van der Waals surface area contributed by atoms with Crippen molar-refractivity contribution in [2.45, 2.75) is 30.9 Å². The van der Waals surface area contributed by atoms with Gasteiger partial charge in [0.25, 0.3) is 0 Å². The van der Waals surface area contributed by atoms with Crippen LogP contribution in [-0.4, -0.2) is 27.2 Å². The Morgan fingerprint density at radius 2 is 1.97 bits per heavy atom. The molecule has 1 aliphatic rings. The summed E-state index contributed by atoms with van der Waals surface area (Å²) < 4.78 is 59.0. The summed E-state index contributed by atoms with van der Waals surface area (Å²) in [5.41, 5.74) is 0.162. The number of amides is 1. The molecule has 2 N–H and O–H groups in total. The molecule has 3 aromatic heterocycles. The third-order valence-electron chi connectivity index (χ3n) is 5.68. The maximum absolute atomic E-state index is 14.6. The molecular formula is C22H16F4N4O2. The second-order valence-electron chi connectivity index (χ2n) is 7.83. The minimum Gasteiger partial charge on any atom is -0.358 e. The highest BCUT2D eigenvalue weighted by Crippen LogP contribution is 2.59. The quantitative estimate of drug-likeness (QED) is 0.418. The highest BCUT2D eigenvalue weighted by atomic mass is 19.4. The first kappa shape index (κ1) is 20.2. The van der Waals surface area contributed by atoms with Gasteiger partial charge in [0.15, 0.2) is 11.6 Å². The van der Waals surface area contributed by atoms with Crippen molar-refractivity contribution in [1.29, 1.82) is 0 Å². The van der Waals surface area contributed by atoms with Crippen molar-refractivity contribution in [1.82, 2.24) is 15.1 Å². The van der Waals surface area contributed by atoms with Gasteiger partial charge in [-0.1, -0.05) is 17.3 Å². The van der Waals surface area contributed by atoms with E-state index in [-0.39, 0.29) is 36.4 Å². The molecule has 1 amide bonds. The number of benzene rings is 1. The monoisotopic (exact) mass is 444 g/mol. The number of carbonyl (C=O) groups is 1. The van der Waals surface area contributed by atoms with Crippen LogP contribution in [0.4, 0.5) is 23.4 Å². The van der Waals surface area contributed by atoms with E-state index in [0.29, 0.717) is 5.56 Å². The van der Waals surface area contributed by atoms with Gasteiger partial charge in [0.05, 0.1) is 6.42 Å². The largest absolute Gasteiger partial charge is 0.401 e. The van der Waals surface area contributed by atoms with Crippen molar-refractivity contribution in [3.8, 4) is 11.1 Å². The zero-order valence-electron chi connectivity index (χ0n) is 16.5. The van der Waals surface area contributed by atoms with Gasteiger partial charge in [-0.25, -0.2) is 9.37 Å². The number of aromatic nitrogens is 3. The van der Waals surface area contributed by atoms with Crippen LogP contribution in [0.2, 0.25) is 0 Å². The fraction of sp³-hybridized carbons (Fsp3) is 0.227. The number of hydrogen-bond donors (Lipinski definition) is 2. The maximum Gasteiger partial charge on any atom is 0.401 e. The second-order valence-corrected chi connectivity index (χ2v) is 7.83. The Bertz CT molecular complexity index is 1320. The molecule has 6 nitrogen and oxygen atoms in total. The second kappa shape index (κ2) is 7.18. The van der Waals surface area contributed by atoms with E-state index < -0.39 is 23.3 Å². The first-order chi connectivity index (χ1) is 15.2. The molecule has 32 heavy (non-hydrogen) atoms. The third-order valence-corrected chi connectivity index (χ3v) is 5.68. The van der Waals surface area contributed by atoms with Crippen LogP contribution in [0.25, 0.3) is 22.2 Å². The lowest BCUT2D eigenvalue weighted by atomic mass is 10.0. The highest BCUT2D eigenvalue weighted by Gasteiger charge is 2.66. The zero-order chi connectivity index (χ0) is 22.5. The number of rotatable bonds is 5. The summed E-state index contributed by atoms with van der Waals surface area (Å²) in [7, 11) is 0. The predicted molar refractivity (Wildman–Crippen MR) is 107 cm³/mol. The number of carbonyl (C=O) groups excluding carboxylic acids is 1. The summed E-state index contributed by atoms with van der Waals surface area (Å²) in [6, 6.07) is 9.28. The molecule has 1 aliphatic carbocycles. The summed E-state index contributed by atoms with van der Waals surface area (Å²) in [4.78, 5) is 19.5. The topological polar surface area (TPSA) is 83.8 Å². The molecule has 5 rings (SSSR count). The normalized spacial score (nSPS) is 15.1. The minimum absolute atomic E-state index is 0.0802. The molecule has 0 radical (unpaired) electrons. The van der Waals surface area contributed by atoms with Gasteiger partial charge in [-0.2, -0.15) is 13.2 Å². The van der Waals surface area contributed by atoms with Gasteiger partial charge in [0, 0.05) is 29.4 Å². The SMILES string of the molecule is O=C(Cc1ccc(-c2cnc3[nH]ccc3c2)cc1F)Nc1cc(C2(C(F)(F)F)CC2)on1. The van der Waals surface area contributed by atoms with Crippen LogP contribution in [0.1, 0.15) is 24.2 Å². The molecule has 3 heterocycles. The Hall–Kier alpha value is -3.69. The first-order valence-corrected chi connectivity index (χ1v) is 9.81. The van der Waals surface area contributed by atoms with Crippen LogP contribution in [0.15, 0.2) is 53.3 Å². The number of fused-ring (bicyclic) bond motifs is 1. The summed E-state index contributed by atoms with van der Waals surface area (Å²) in [5.74, 6) is -1.67. The number of pyridine rings is 1. The Labute approximate surface area is 178 Å².